The fourth-order valence-corrected chi connectivity index (χ4v) is 2.99. The minimum Gasteiger partial charge on any atom is -0.496 e. The first-order valence-electron chi connectivity index (χ1n) is 7.20. The molecular formula is C16H21NO4. The minimum absolute atomic E-state index is 0.182. The predicted molar refractivity (Wildman–Crippen MR) is 78.0 cm³/mol. The summed E-state index contributed by atoms with van der Waals surface area (Å²) in [7, 11) is 1.59. The van der Waals surface area contributed by atoms with E-state index in [2.05, 4.69) is 5.32 Å². The Morgan fingerprint density at radius 3 is 2.62 bits per heavy atom. The van der Waals surface area contributed by atoms with Crippen molar-refractivity contribution in [3.8, 4) is 5.75 Å². The molecule has 5 heteroatoms. The lowest BCUT2D eigenvalue weighted by Crippen LogP contribution is -2.36. The molecule has 1 aliphatic rings. The molecule has 114 valence electrons. The van der Waals surface area contributed by atoms with Gasteiger partial charge in [-0.15, -0.1) is 0 Å². The van der Waals surface area contributed by atoms with Crippen LogP contribution in [0.2, 0.25) is 0 Å². The highest BCUT2D eigenvalue weighted by molar-refractivity contribution is 5.85. The van der Waals surface area contributed by atoms with E-state index in [-0.39, 0.29) is 11.9 Å². The van der Waals surface area contributed by atoms with Gasteiger partial charge in [-0.2, -0.15) is 0 Å². The predicted octanol–water partition coefficient (Wildman–Crippen LogP) is 2.37. The molecule has 0 aliphatic heterocycles. The SMILES string of the molecule is COc1ccccc1[C@H](C)NC(=O)[C@@H]1CCC[C@@H]1C(=O)O. The summed E-state index contributed by atoms with van der Waals surface area (Å²) in [5.74, 6) is -1.34. The number of carbonyl (C=O) groups excluding carboxylic acids is 1. The molecule has 5 nitrogen and oxygen atoms in total. The summed E-state index contributed by atoms with van der Waals surface area (Å²) in [5, 5.41) is 12.1. The van der Waals surface area contributed by atoms with Crippen LogP contribution in [-0.2, 0) is 9.59 Å². The van der Waals surface area contributed by atoms with Crippen molar-refractivity contribution < 1.29 is 19.4 Å². The Balaban J connectivity index is 2.07. The molecule has 0 bridgehead atoms. The van der Waals surface area contributed by atoms with E-state index in [0.29, 0.717) is 18.6 Å². The van der Waals surface area contributed by atoms with Crippen molar-refractivity contribution in [1.82, 2.24) is 5.32 Å². The van der Waals surface area contributed by atoms with Gasteiger partial charge in [-0.25, -0.2) is 0 Å². The summed E-state index contributed by atoms with van der Waals surface area (Å²) >= 11 is 0. The molecule has 0 saturated heterocycles. The standard InChI is InChI=1S/C16H21NO4/c1-10(11-6-3-4-9-14(11)21-2)17-15(18)12-7-5-8-13(12)16(19)20/h3-4,6,9-10,12-13H,5,7-8H2,1-2H3,(H,17,18)(H,19,20)/t10-,12+,13-/m0/s1. The number of nitrogens with one attached hydrogen (secondary N) is 1. The number of hydrogen-bond acceptors (Lipinski definition) is 3. The molecule has 0 spiro atoms. The summed E-state index contributed by atoms with van der Waals surface area (Å²) in [6.45, 7) is 1.88. The lowest BCUT2D eigenvalue weighted by atomic mass is 9.94. The molecule has 0 unspecified atom stereocenters. The van der Waals surface area contributed by atoms with Gasteiger partial charge in [0.1, 0.15) is 5.75 Å². The second kappa shape index (κ2) is 6.61. The Hall–Kier alpha value is -2.04. The highest BCUT2D eigenvalue weighted by Crippen LogP contribution is 2.33. The summed E-state index contributed by atoms with van der Waals surface area (Å²) in [6.07, 6.45) is 2.01. The van der Waals surface area contributed by atoms with Gasteiger partial charge in [0.05, 0.1) is 25.0 Å². The lowest BCUT2D eigenvalue weighted by Gasteiger charge is -2.21. The molecule has 21 heavy (non-hydrogen) atoms. The van der Waals surface area contributed by atoms with Gasteiger partial charge in [-0.05, 0) is 25.8 Å². The van der Waals surface area contributed by atoms with Crippen LogP contribution in [0.5, 0.6) is 5.75 Å². The molecule has 3 atom stereocenters. The van der Waals surface area contributed by atoms with Crippen molar-refractivity contribution >= 4 is 11.9 Å². The van der Waals surface area contributed by atoms with E-state index in [1.165, 1.54) is 0 Å². The highest BCUT2D eigenvalue weighted by Gasteiger charge is 2.38. The quantitative estimate of drug-likeness (QED) is 0.873. The number of para-hydroxylation sites is 1. The van der Waals surface area contributed by atoms with Crippen molar-refractivity contribution in [1.29, 1.82) is 0 Å². The summed E-state index contributed by atoms with van der Waals surface area (Å²) in [5.41, 5.74) is 0.887. The third kappa shape index (κ3) is 3.35. The van der Waals surface area contributed by atoms with Crippen LogP contribution >= 0.6 is 0 Å². The molecule has 0 heterocycles. The topological polar surface area (TPSA) is 75.6 Å². The fraction of sp³-hybridized carbons (Fsp3) is 0.500. The van der Waals surface area contributed by atoms with E-state index in [9.17, 15) is 9.59 Å². The van der Waals surface area contributed by atoms with E-state index >= 15 is 0 Å². The van der Waals surface area contributed by atoms with Crippen LogP contribution in [0.3, 0.4) is 0 Å². The number of rotatable bonds is 5. The second-order valence-electron chi connectivity index (χ2n) is 5.45. The van der Waals surface area contributed by atoms with Gasteiger partial charge in [0, 0.05) is 5.56 Å². The van der Waals surface area contributed by atoms with Gasteiger partial charge >= 0.3 is 5.97 Å². The summed E-state index contributed by atoms with van der Waals surface area (Å²) in [6, 6.07) is 7.27. The second-order valence-corrected chi connectivity index (χ2v) is 5.45. The zero-order valence-corrected chi connectivity index (χ0v) is 12.3. The van der Waals surface area contributed by atoms with Gasteiger partial charge in [0.15, 0.2) is 0 Å². The maximum Gasteiger partial charge on any atom is 0.307 e. The van der Waals surface area contributed by atoms with Crippen LogP contribution in [0.15, 0.2) is 24.3 Å². The third-order valence-corrected chi connectivity index (χ3v) is 4.13. The highest BCUT2D eigenvalue weighted by atomic mass is 16.5. The van der Waals surface area contributed by atoms with E-state index in [1.807, 2.05) is 31.2 Å². The molecule has 2 N–H and O–H groups in total. The smallest absolute Gasteiger partial charge is 0.307 e. The van der Waals surface area contributed by atoms with Gasteiger partial charge in [0.2, 0.25) is 5.91 Å². The average Bonchev–Trinajstić information content (AvgIpc) is 2.96. The number of aliphatic carboxylic acids is 1. The molecule has 1 fully saturated rings. The van der Waals surface area contributed by atoms with Crippen molar-refractivity contribution in [2.45, 2.75) is 32.2 Å². The number of amides is 1. The Morgan fingerprint density at radius 1 is 1.29 bits per heavy atom. The first-order valence-corrected chi connectivity index (χ1v) is 7.20. The van der Waals surface area contributed by atoms with Crippen LogP contribution in [0.25, 0.3) is 0 Å². The average molecular weight is 291 g/mol. The van der Waals surface area contributed by atoms with Crippen molar-refractivity contribution in [2.24, 2.45) is 11.8 Å². The molecular weight excluding hydrogens is 270 g/mol. The number of carboxylic acids is 1. The number of benzene rings is 1. The first kappa shape index (κ1) is 15.4. The minimum atomic E-state index is -0.877. The number of ether oxygens (including phenoxy) is 1. The van der Waals surface area contributed by atoms with Crippen LogP contribution in [0.1, 0.15) is 37.8 Å². The molecule has 1 saturated carbocycles. The zero-order chi connectivity index (χ0) is 15.4. The Morgan fingerprint density at radius 2 is 1.95 bits per heavy atom. The molecule has 1 amide bonds. The van der Waals surface area contributed by atoms with Crippen molar-refractivity contribution in [3.63, 3.8) is 0 Å². The number of carbonyl (C=O) groups is 2. The zero-order valence-electron chi connectivity index (χ0n) is 12.3. The van der Waals surface area contributed by atoms with Crippen molar-refractivity contribution in [3.05, 3.63) is 29.8 Å². The van der Waals surface area contributed by atoms with Crippen molar-refractivity contribution in [2.75, 3.05) is 7.11 Å². The monoisotopic (exact) mass is 291 g/mol. The van der Waals surface area contributed by atoms with Gasteiger partial charge in [-0.3, -0.25) is 9.59 Å². The lowest BCUT2D eigenvalue weighted by molar-refractivity contribution is -0.146. The molecule has 1 aliphatic carbocycles. The summed E-state index contributed by atoms with van der Waals surface area (Å²) < 4.78 is 5.29. The van der Waals surface area contributed by atoms with Crippen LogP contribution < -0.4 is 10.1 Å². The van der Waals surface area contributed by atoms with E-state index in [1.54, 1.807) is 7.11 Å². The maximum absolute atomic E-state index is 12.3. The number of carboxylic acid groups (broad SMARTS) is 1. The van der Waals surface area contributed by atoms with E-state index in [4.69, 9.17) is 9.84 Å². The Labute approximate surface area is 124 Å². The van der Waals surface area contributed by atoms with E-state index in [0.717, 1.165) is 12.0 Å². The molecule has 1 aromatic rings. The Kier molecular flexibility index (Phi) is 4.83. The molecule has 1 aromatic carbocycles. The summed E-state index contributed by atoms with van der Waals surface area (Å²) in [4.78, 5) is 23.5. The fourth-order valence-electron chi connectivity index (χ4n) is 2.99. The van der Waals surface area contributed by atoms with Crippen LogP contribution in [0.4, 0.5) is 0 Å². The molecule has 0 radical (unpaired) electrons. The van der Waals surface area contributed by atoms with Gasteiger partial charge in [0.25, 0.3) is 0 Å². The van der Waals surface area contributed by atoms with Gasteiger partial charge < -0.3 is 15.2 Å². The Bertz CT molecular complexity index is 529. The molecule has 2 rings (SSSR count). The normalized spacial score (nSPS) is 22.6. The van der Waals surface area contributed by atoms with Crippen LogP contribution in [-0.4, -0.2) is 24.1 Å². The number of methoxy groups -OCH3 is 1. The van der Waals surface area contributed by atoms with Gasteiger partial charge in [-0.1, -0.05) is 24.6 Å². The molecule has 0 aromatic heterocycles. The third-order valence-electron chi connectivity index (χ3n) is 4.13. The number of hydrogen-bond donors (Lipinski definition) is 2. The maximum atomic E-state index is 12.3. The van der Waals surface area contributed by atoms with Crippen LogP contribution in [0, 0.1) is 11.8 Å². The van der Waals surface area contributed by atoms with E-state index < -0.39 is 17.8 Å². The largest absolute Gasteiger partial charge is 0.496 e. The first-order chi connectivity index (χ1) is 10.0.